The van der Waals surface area contributed by atoms with E-state index in [1.54, 1.807) is 32.4 Å². The number of aryl methyl sites for hydroxylation is 1. The molecule has 5 heteroatoms. The maximum atomic E-state index is 11.0. The van der Waals surface area contributed by atoms with Crippen LogP contribution in [0, 0.1) is 0 Å². The van der Waals surface area contributed by atoms with Crippen LogP contribution in [0.5, 0.6) is 11.5 Å². The second kappa shape index (κ2) is 8.93. The molecular weight excluding hydrogens is 306 g/mol. The van der Waals surface area contributed by atoms with E-state index in [1.165, 1.54) is 0 Å². The fraction of sp³-hybridized carbons (Fsp3) is 0.316. The minimum Gasteiger partial charge on any atom is -0.497 e. The first-order chi connectivity index (χ1) is 11.6. The van der Waals surface area contributed by atoms with Gasteiger partial charge in [0.15, 0.2) is 0 Å². The van der Waals surface area contributed by atoms with E-state index in [-0.39, 0.29) is 0 Å². The molecule has 128 valence electrons. The van der Waals surface area contributed by atoms with Crippen LogP contribution in [0.15, 0.2) is 42.5 Å². The molecule has 0 bridgehead atoms. The number of methoxy groups -OCH3 is 2. The molecule has 5 nitrogen and oxygen atoms in total. The third kappa shape index (κ3) is 4.99. The zero-order valence-corrected chi connectivity index (χ0v) is 14.0. The van der Waals surface area contributed by atoms with Crippen LogP contribution in [0.3, 0.4) is 0 Å². The van der Waals surface area contributed by atoms with Gasteiger partial charge in [0.05, 0.1) is 19.8 Å². The summed E-state index contributed by atoms with van der Waals surface area (Å²) >= 11 is 0. The van der Waals surface area contributed by atoms with Gasteiger partial charge >= 0.3 is 5.97 Å². The summed E-state index contributed by atoms with van der Waals surface area (Å²) in [4.78, 5) is 11.0. The Kier molecular flexibility index (Phi) is 6.63. The number of benzene rings is 2. The van der Waals surface area contributed by atoms with Crippen LogP contribution in [-0.2, 0) is 13.0 Å². The van der Waals surface area contributed by atoms with Crippen molar-refractivity contribution in [2.24, 2.45) is 0 Å². The monoisotopic (exact) mass is 329 g/mol. The SMILES string of the molecule is COc1ccc(OC)c(CCCNCc2cccc(C(=O)O)c2)c1. The summed E-state index contributed by atoms with van der Waals surface area (Å²) in [6.45, 7) is 1.48. The molecule has 0 spiro atoms. The Hall–Kier alpha value is -2.53. The van der Waals surface area contributed by atoms with E-state index in [2.05, 4.69) is 5.32 Å². The van der Waals surface area contributed by atoms with E-state index < -0.39 is 5.97 Å². The molecule has 0 aliphatic rings. The molecular formula is C19H23NO4. The number of nitrogens with one attached hydrogen (secondary N) is 1. The van der Waals surface area contributed by atoms with Crippen molar-refractivity contribution in [3.05, 3.63) is 59.2 Å². The lowest BCUT2D eigenvalue weighted by molar-refractivity contribution is 0.0696. The molecule has 2 N–H and O–H groups in total. The van der Waals surface area contributed by atoms with Crippen molar-refractivity contribution in [3.63, 3.8) is 0 Å². The quantitative estimate of drug-likeness (QED) is 0.692. The highest BCUT2D eigenvalue weighted by molar-refractivity contribution is 5.87. The van der Waals surface area contributed by atoms with Gasteiger partial charge in [-0.2, -0.15) is 0 Å². The van der Waals surface area contributed by atoms with Crippen LogP contribution in [0.2, 0.25) is 0 Å². The number of hydrogen-bond acceptors (Lipinski definition) is 4. The van der Waals surface area contributed by atoms with Gasteiger partial charge in [-0.15, -0.1) is 0 Å². The van der Waals surface area contributed by atoms with Crippen molar-refractivity contribution in [3.8, 4) is 11.5 Å². The Morgan fingerprint density at radius 3 is 2.67 bits per heavy atom. The fourth-order valence-electron chi connectivity index (χ4n) is 2.53. The standard InChI is InChI=1S/C19H23NO4/c1-23-17-8-9-18(24-2)15(12-17)7-4-10-20-13-14-5-3-6-16(11-14)19(21)22/h3,5-6,8-9,11-12,20H,4,7,10,13H2,1-2H3,(H,21,22). The second-order valence-electron chi connectivity index (χ2n) is 5.46. The van der Waals surface area contributed by atoms with E-state index in [9.17, 15) is 4.79 Å². The first kappa shape index (κ1) is 17.8. The average Bonchev–Trinajstić information content (AvgIpc) is 2.61. The summed E-state index contributed by atoms with van der Waals surface area (Å²) in [5.41, 5.74) is 2.40. The predicted octanol–water partition coefficient (Wildman–Crippen LogP) is 3.12. The minimum absolute atomic E-state index is 0.315. The normalized spacial score (nSPS) is 10.4. The van der Waals surface area contributed by atoms with Crippen molar-refractivity contribution < 1.29 is 19.4 Å². The number of hydrogen-bond donors (Lipinski definition) is 2. The molecule has 0 radical (unpaired) electrons. The average molecular weight is 329 g/mol. The molecule has 0 atom stereocenters. The maximum Gasteiger partial charge on any atom is 0.335 e. The number of rotatable bonds is 9. The van der Waals surface area contributed by atoms with Crippen LogP contribution in [0.25, 0.3) is 0 Å². The Bertz CT molecular complexity index is 685. The molecule has 0 aromatic heterocycles. The van der Waals surface area contributed by atoms with Crippen LogP contribution in [-0.4, -0.2) is 31.8 Å². The number of carboxylic acid groups (broad SMARTS) is 1. The maximum absolute atomic E-state index is 11.0. The van der Waals surface area contributed by atoms with Crippen LogP contribution >= 0.6 is 0 Å². The summed E-state index contributed by atoms with van der Waals surface area (Å²) in [7, 11) is 3.32. The molecule has 0 heterocycles. The van der Waals surface area contributed by atoms with E-state index >= 15 is 0 Å². The molecule has 24 heavy (non-hydrogen) atoms. The zero-order valence-electron chi connectivity index (χ0n) is 14.0. The zero-order chi connectivity index (χ0) is 17.4. The Morgan fingerprint density at radius 2 is 1.96 bits per heavy atom. The molecule has 0 amide bonds. The van der Waals surface area contributed by atoms with Crippen LogP contribution < -0.4 is 14.8 Å². The van der Waals surface area contributed by atoms with Crippen molar-refractivity contribution in [2.45, 2.75) is 19.4 Å². The third-order valence-electron chi connectivity index (χ3n) is 3.79. The molecule has 2 aromatic carbocycles. The first-order valence-corrected chi connectivity index (χ1v) is 7.88. The minimum atomic E-state index is -0.901. The number of aromatic carboxylic acids is 1. The topological polar surface area (TPSA) is 67.8 Å². The lowest BCUT2D eigenvalue weighted by Crippen LogP contribution is -2.15. The summed E-state index contributed by atoms with van der Waals surface area (Å²) in [5, 5.41) is 12.3. The molecule has 0 saturated heterocycles. The molecule has 2 rings (SSSR count). The fourth-order valence-corrected chi connectivity index (χ4v) is 2.53. The highest BCUT2D eigenvalue weighted by Gasteiger charge is 2.05. The van der Waals surface area contributed by atoms with Gasteiger partial charge in [0.1, 0.15) is 11.5 Å². The summed E-state index contributed by atoms with van der Waals surface area (Å²) in [5.74, 6) is 0.788. The van der Waals surface area contributed by atoms with Crippen molar-refractivity contribution in [1.82, 2.24) is 5.32 Å². The molecule has 0 saturated carbocycles. The number of carbonyl (C=O) groups is 1. The predicted molar refractivity (Wildman–Crippen MR) is 93.0 cm³/mol. The molecule has 0 aliphatic heterocycles. The molecule has 0 fully saturated rings. The summed E-state index contributed by atoms with van der Waals surface area (Å²) in [6, 6.07) is 12.8. The van der Waals surface area contributed by atoms with Gasteiger partial charge in [-0.3, -0.25) is 0 Å². The van der Waals surface area contributed by atoms with Crippen LogP contribution in [0.1, 0.15) is 27.9 Å². The van der Waals surface area contributed by atoms with E-state index in [0.29, 0.717) is 12.1 Å². The Balaban J connectivity index is 1.81. The third-order valence-corrected chi connectivity index (χ3v) is 3.79. The smallest absolute Gasteiger partial charge is 0.335 e. The Morgan fingerprint density at radius 1 is 1.12 bits per heavy atom. The van der Waals surface area contributed by atoms with E-state index in [0.717, 1.165) is 42.0 Å². The van der Waals surface area contributed by atoms with Gasteiger partial charge in [0.25, 0.3) is 0 Å². The van der Waals surface area contributed by atoms with Gasteiger partial charge in [0.2, 0.25) is 0 Å². The number of carboxylic acids is 1. The van der Waals surface area contributed by atoms with Gasteiger partial charge in [0, 0.05) is 6.54 Å². The Labute approximate surface area is 142 Å². The largest absolute Gasteiger partial charge is 0.497 e. The van der Waals surface area contributed by atoms with Gasteiger partial charge < -0.3 is 19.9 Å². The highest BCUT2D eigenvalue weighted by atomic mass is 16.5. The van der Waals surface area contributed by atoms with Gasteiger partial charge in [-0.25, -0.2) is 4.79 Å². The van der Waals surface area contributed by atoms with Crippen molar-refractivity contribution in [2.75, 3.05) is 20.8 Å². The van der Waals surface area contributed by atoms with Gasteiger partial charge in [-0.05, 0) is 60.8 Å². The lowest BCUT2D eigenvalue weighted by atomic mass is 10.1. The highest BCUT2D eigenvalue weighted by Crippen LogP contribution is 2.24. The number of ether oxygens (including phenoxy) is 2. The van der Waals surface area contributed by atoms with E-state index in [4.69, 9.17) is 14.6 Å². The lowest BCUT2D eigenvalue weighted by Gasteiger charge is -2.11. The summed E-state index contributed by atoms with van der Waals surface area (Å²) in [6.07, 6.45) is 1.82. The molecule has 2 aromatic rings. The first-order valence-electron chi connectivity index (χ1n) is 7.88. The molecule has 0 aliphatic carbocycles. The van der Waals surface area contributed by atoms with Crippen molar-refractivity contribution >= 4 is 5.97 Å². The van der Waals surface area contributed by atoms with E-state index in [1.807, 2.05) is 24.3 Å². The van der Waals surface area contributed by atoms with Crippen molar-refractivity contribution in [1.29, 1.82) is 0 Å². The second-order valence-corrected chi connectivity index (χ2v) is 5.46. The summed E-state index contributed by atoms with van der Waals surface area (Å²) < 4.78 is 10.6. The van der Waals surface area contributed by atoms with Gasteiger partial charge in [-0.1, -0.05) is 12.1 Å². The molecule has 0 unspecified atom stereocenters. The van der Waals surface area contributed by atoms with Crippen LogP contribution in [0.4, 0.5) is 0 Å².